The summed E-state index contributed by atoms with van der Waals surface area (Å²) in [6.07, 6.45) is 2.43. The Balaban J connectivity index is 1.81. The van der Waals surface area contributed by atoms with Gasteiger partial charge in [-0.15, -0.1) is 0 Å². The zero-order valence-electron chi connectivity index (χ0n) is 13.5. The van der Waals surface area contributed by atoms with Gasteiger partial charge in [-0.05, 0) is 37.3 Å². The van der Waals surface area contributed by atoms with Crippen LogP contribution in [0.1, 0.15) is 26.2 Å². The van der Waals surface area contributed by atoms with Crippen LogP contribution in [0, 0.1) is 5.92 Å². The highest BCUT2D eigenvalue weighted by Gasteiger charge is 2.29. The number of nitrogens with one attached hydrogen (secondary N) is 2. The lowest BCUT2D eigenvalue weighted by Gasteiger charge is -2.31. The number of urea groups is 1. The molecule has 2 amide bonds. The van der Waals surface area contributed by atoms with Crippen LogP contribution in [0.4, 0.5) is 4.79 Å². The van der Waals surface area contributed by atoms with Crippen LogP contribution in [0.3, 0.4) is 0 Å². The third-order valence-electron chi connectivity index (χ3n) is 4.04. The molecule has 7 heteroatoms. The van der Waals surface area contributed by atoms with Crippen LogP contribution in [0.15, 0.2) is 35.2 Å². The van der Waals surface area contributed by atoms with Gasteiger partial charge < -0.3 is 10.6 Å². The minimum absolute atomic E-state index is 0.147. The second-order valence-electron chi connectivity index (χ2n) is 5.80. The summed E-state index contributed by atoms with van der Waals surface area (Å²) in [5.41, 5.74) is 0. The van der Waals surface area contributed by atoms with Gasteiger partial charge in [-0.25, -0.2) is 13.2 Å². The maximum atomic E-state index is 12.5. The minimum Gasteiger partial charge on any atom is -0.338 e. The van der Waals surface area contributed by atoms with Gasteiger partial charge in [0.15, 0.2) is 0 Å². The van der Waals surface area contributed by atoms with Crippen molar-refractivity contribution < 1.29 is 13.2 Å². The Morgan fingerprint density at radius 2 is 1.83 bits per heavy atom. The summed E-state index contributed by atoms with van der Waals surface area (Å²) in [6.45, 7) is 4.26. The summed E-state index contributed by atoms with van der Waals surface area (Å²) >= 11 is 0. The Hall–Kier alpha value is -1.60. The minimum atomic E-state index is -3.40. The first-order valence-electron chi connectivity index (χ1n) is 8.11. The number of amides is 2. The molecule has 2 rings (SSSR count). The summed E-state index contributed by atoms with van der Waals surface area (Å²) in [5, 5.41) is 5.62. The summed E-state index contributed by atoms with van der Waals surface area (Å²) < 4.78 is 26.6. The SMILES string of the molecule is CCCNC(=O)NCC1CCN(S(=O)(=O)c2ccccc2)CC1. The van der Waals surface area contributed by atoms with Crippen molar-refractivity contribution in [2.45, 2.75) is 31.1 Å². The highest BCUT2D eigenvalue weighted by Crippen LogP contribution is 2.23. The molecule has 6 nitrogen and oxygen atoms in total. The van der Waals surface area contributed by atoms with Gasteiger partial charge in [-0.2, -0.15) is 4.31 Å². The summed E-state index contributed by atoms with van der Waals surface area (Å²) in [4.78, 5) is 11.9. The van der Waals surface area contributed by atoms with Crippen LogP contribution in [0.5, 0.6) is 0 Å². The molecular weight excluding hydrogens is 314 g/mol. The second-order valence-corrected chi connectivity index (χ2v) is 7.74. The molecule has 2 N–H and O–H groups in total. The van der Waals surface area contributed by atoms with E-state index < -0.39 is 10.0 Å². The first kappa shape index (κ1) is 17.7. The van der Waals surface area contributed by atoms with E-state index in [9.17, 15) is 13.2 Å². The van der Waals surface area contributed by atoms with Gasteiger partial charge in [-0.3, -0.25) is 0 Å². The van der Waals surface area contributed by atoms with Crippen molar-refractivity contribution in [1.29, 1.82) is 0 Å². The van der Waals surface area contributed by atoms with Crippen molar-refractivity contribution in [3.05, 3.63) is 30.3 Å². The highest BCUT2D eigenvalue weighted by atomic mass is 32.2. The third-order valence-corrected chi connectivity index (χ3v) is 5.95. The van der Waals surface area contributed by atoms with E-state index in [0.29, 0.717) is 37.0 Å². The zero-order chi connectivity index (χ0) is 16.7. The largest absolute Gasteiger partial charge is 0.338 e. The Labute approximate surface area is 138 Å². The van der Waals surface area contributed by atoms with Crippen LogP contribution >= 0.6 is 0 Å². The van der Waals surface area contributed by atoms with Crippen molar-refractivity contribution >= 4 is 16.1 Å². The molecule has 1 aromatic rings. The molecule has 0 spiro atoms. The molecule has 0 saturated carbocycles. The van der Waals surface area contributed by atoms with Gasteiger partial charge in [0.1, 0.15) is 0 Å². The predicted molar refractivity (Wildman–Crippen MR) is 89.6 cm³/mol. The van der Waals surface area contributed by atoms with Crippen LogP contribution in [0.2, 0.25) is 0 Å². The van der Waals surface area contributed by atoms with Crippen molar-refractivity contribution in [3.8, 4) is 0 Å². The summed E-state index contributed by atoms with van der Waals surface area (Å²) in [6, 6.07) is 8.38. The average molecular weight is 339 g/mol. The molecule has 0 radical (unpaired) electrons. The Morgan fingerprint density at radius 3 is 2.43 bits per heavy atom. The zero-order valence-corrected chi connectivity index (χ0v) is 14.3. The van der Waals surface area contributed by atoms with Crippen LogP contribution in [-0.2, 0) is 10.0 Å². The van der Waals surface area contributed by atoms with Gasteiger partial charge in [0, 0.05) is 26.2 Å². The Bertz CT molecular complexity index is 596. The number of carbonyl (C=O) groups excluding carboxylic acids is 1. The monoisotopic (exact) mass is 339 g/mol. The normalized spacial score (nSPS) is 16.9. The lowest BCUT2D eigenvalue weighted by atomic mass is 9.98. The Kier molecular flexibility index (Phi) is 6.41. The van der Waals surface area contributed by atoms with Crippen molar-refractivity contribution in [2.24, 2.45) is 5.92 Å². The van der Waals surface area contributed by atoms with Gasteiger partial charge in [0.25, 0.3) is 0 Å². The lowest BCUT2D eigenvalue weighted by molar-refractivity contribution is 0.231. The van der Waals surface area contributed by atoms with E-state index in [1.165, 1.54) is 4.31 Å². The fourth-order valence-electron chi connectivity index (χ4n) is 2.63. The molecule has 1 heterocycles. The highest BCUT2D eigenvalue weighted by molar-refractivity contribution is 7.89. The van der Waals surface area contributed by atoms with Crippen molar-refractivity contribution in [2.75, 3.05) is 26.2 Å². The fraction of sp³-hybridized carbons (Fsp3) is 0.562. The van der Waals surface area contributed by atoms with E-state index in [1.807, 2.05) is 6.92 Å². The fourth-order valence-corrected chi connectivity index (χ4v) is 4.12. The first-order valence-corrected chi connectivity index (χ1v) is 9.55. The number of hydrogen-bond acceptors (Lipinski definition) is 3. The first-order chi connectivity index (χ1) is 11.0. The second kappa shape index (κ2) is 8.31. The quantitative estimate of drug-likeness (QED) is 0.829. The molecule has 1 fully saturated rings. The number of nitrogens with zero attached hydrogens (tertiary/aromatic N) is 1. The van der Waals surface area contributed by atoms with Crippen LogP contribution in [0.25, 0.3) is 0 Å². The van der Waals surface area contributed by atoms with E-state index in [0.717, 1.165) is 19.3 Å². The van der Waals surface area contributed by atoms with Crippen LogP contribution < -0.4 is 10.6 Å². The molecule has 23 heavy (non-hydrogen) atoms. The van der Waals surface area contributed by atoms with Gasteiger partial charge in [0.05, 0.1) is 4.90 Å². The number of carbonyl (C=O) groups is 1. The van der Waals surface area contributed by atoms with Gasteiger partial charge in [0.2, 0.25) is 10.0 Å². The standard InChI is InChI=1S/C16H25N3O3S/c1-2-10-17-16(20)18-13-14-8-11-19(12-9-14)23(21,22)15-6-4-3-5-7-15/h3-7,14H,2,8-13H2,1H3,(H2,17,18,20). The topological polar surface area (TPSA) is 78.5 Å². The van der Waals surface area contributed by atoms with Crippen molar-refractivity contribution in [1.82, 2.24) is 14.9 Å². The lowest BCUT2D eigenvalue weighted by Crippen LogP contribution is -2.43. The number of hydrogen-bond donors (Lipinski definition) is 2. The number of rotatable bonds is 6. The maximum absolute atomic E-state index is 12.5. The molecule has 0 unspecified atom stereocenters. The smallest absolute Gasteiger partial charge is 0.314 e. The molecule has 0 bridgehead atoms. The molecule has 1 aliphatic heterocycles. The summed E-state index contributed by atoms with van der Waals surface area (Å²) in [5.74, 6) is 0.324. The average Bonchev–Trinajstić information content (AvgIpc) is 2.59. The Morgan fingerprint density at radius 1 is 1.17 bits per heavy atom. The van der Waals surface area contributed by atoms with E-state index >= 15 is 0 Å². The summed E-state index contributed by atoms with van der Waals surface area (Å²) in [7, 11) is -3.40. The molecule has 0 aliphatic carbocycles. The number of benzene rings is 1. The number of piperidine rings is 1. The third kappa shape index (κ3) is 4.94. The van der Waals surface area contributed by atoms with E-state index in [-0.39, 0.29) is 6.03 Å². The van der Waals surface area contributed by atoms with E-state index in [4.69, 9.17) is 0 Å². The molecule has 128 valence electrons. The predicted octanol–water partition coefficient (Wildman–Crippen LogP) is 1.80. The van der Waals surface area contributed by atoms with Gasteiger partial charge >= 0.3 is 6.03 Å². The molecule has 1 aliphatic rings. The molecule has 0 aromatic heterocycles. The molecule has 0 atom stereocenters. The number of sulfonamides is 1. The molecule has 1 saturated heterocycles. The maximum Gasteiger partial charge on any atom is 0.314 e. The van der Waals surface area contributed by atoms with E-state index in [2.05, 4.69) is 10.6 Å². The van der Waals surface area contributed by atoms with Crippen molar-refractivity contribution in [3.63, 3.8) is 0 Å². The van der Waals surface area contributed by atoms with Gasteiger partial charge in [-0.1, -0.05) is 25.1 Å². The van der Waals surface area contributed by atoms with E-state index in [1.54, 1.807) is 30.3 Å². The van der Waals surface area contributed by atoms with Crippen LogP contribution in [-0.4, -0.2) is 44.9 Å². The molecule has 1 aromatic carbocycles. The molecular formula is C16H25N3O3S.